The van der Waals surface area contributed by atoms with Gasteiger partial charge in [-0.3, -0.25) is 4.90 Å². The third kappa shape index (κ3) is 6.89. The van der Waals surface area contributed by atoms with Crippen molar-refractivity contribution in [1.29, 1.82) is 0 Å². The van der Waals surface area contributed by atoms with Gasteiger partial charge in [-0.15, -0.1) is 0 Å². The van der Waals surface area contributed by atoms with Crippen LogP contribution in [-0.4, -0.2) is 67.5 Å². The zero-order chi connectivity index (χ0) is 29.8. The maximum absolute atomic E-state index is 10.7. The van der Waals surface area contributed by atoms with Crippen LogP contribution in [0.15, 0.2) is 97.1 Å². The van der Waals surface area contributed by atoms with Crippen molar-refractivity contribution in [2.75, 3.05) is 51.3 Å². The Kier molecular flexibility index (Phi) is 9.00. The Labute approximate surface area is 262 Å². The van der Waals surface area contributed by atoms with Crippen molar-refractivity contribution in [2.24, 2.45) is 0 Å². The van der Waals surface area contributed by atoms with Crippen molar-refractivity contribution in [2.45, 2.75) is 6.10 Å². The molecule has 0 amide bonds. The van der Waals surface area contributed by atoms with Gasteiger partial charge in [0.25, 0.3) is 0 Å². The first kappa shape index (κ1) is 29.3. The summed E-state index contributed by atoms with van der Waals surface area (Å²) < 4.78 is 11.2. The van der Waals surface area contributed by atoms with E-state index in [0.717, 1.165) is 65.2 Å². The highest BCUT2D eigenvalue weighted by atomic mass is 35.5. The van der Waals surface area contributed by atoms with Crippen LogP contribution in [0.2, 0.25) is 10.0 Å². The van der Waals surface area contributed by atoms with Crippen LogP contribution in [0.1, 0.15) is 0 Å². The Balaban J connectivity index is 1.07. The van der Waals surface area contributed by atoms with Crippen LogP contribution < -0.4 is 14.4 Å². The van der Waals surface area contributed by atoms with Gasteiger partial charge in [0, 0.05) is 65.0 Å². The first-order valence-corrected chi connectivity index (χ1v) is 15.1. The molecule has 4 aromatic carbocycles. The molecule has 1 fully saturated rings. The molecule has 0 aliphatic carbocycles. The molecule has 43 heavy (non-hydrogen) atoms. The van der Waals surface area contributed by atoms with Crippen molar-refractivity contribution in [1.82, 2.24) is 9.88 Å². The maximum Gasteiger partial charge on any atom is 0.119 e. The third-order valence-corrected chi connectivity index (χ3v) is 8.37. The highest BCUT2D eigenvalue weighted by Gasteiger charge is 2.20. The van der Waals surface area contributed by atoms with Crippen molar-refractivity contribution in [3.05, 3.63) is 107 Å². The number of fused-ring (bicyclic) bond motifs is 1. The van der Waals surface area contributed by atoms with E-state index in [4.69, 9.17) is 37.7 Å². The first-order valence-electron chi connectivity index (χ1n) is 14.3. The molecule has 1 aromatic heterocycles. The van der Waals surface area contributed by atoms with E-state index >= 15 is 0 Å². The summed E-state index contributed by atoms with van der Waals surface area (Å²) in [7, 11) is 1.68. The number of methoxy groups -OCH3 is 1. The second-order valence-electron chi connectivity index (χ2n) is 10.7. The highest BCUT2D eigenvalue weighted by Crippen LogP contribution is 2.37. The summed E-state index contributed by atoms with van der Waals surface area (Å²) in [5, 5.41) is 13.0. The molecule has 1 saturated heterocycles. The standard InChI is InChI=1S/C35H33Cl2N3O3/c1-42-28-13-9-26(10-14-28)40-18-16-39(17-19-40)22-27(41)23-43-29-11-6-24(7-12-29)35-21-31(30-4-2-3-5-33(30)37)32-20-25(36)8-15-34(32)38-35/h2-15,20-21,27,41H,16-19,22-23H2,1H3. The number of aliphatic hydroxyl groups excluding tert-OH is 1. The number of anilines is 1. The second kappa shape index (κ2) is 13.2. The van der Waals surface area contributed by atoms with Gasteiger partial charge in [0.1, 0.15) is 24.2 Å². The molecule has 1 aliphatic rings. The fraction of sp³-hybridized carbons (Fsp3) is 0.229. The van der Waals surface area contributed by atoms with Crippen LogP contribution in [0.5, 0.6) is 11.5 Å². The number of hydrogen-bond acceptors (Lipinski definition) is 6. The Morgan fingerprint density at radius 3 is 2.26 bits per heavy atom. The number of ether oxygens (including phenoxy) is 2. The number of pyridine rings is 1. The Morgan fingerprint density at radius 2 is 1.53 bits per heavy atom. The molecule has 1 unspecified atom stereocenters. The molecule has 0 spiro atoms. The minimum Gasteiger partial charge on any atom is -0.497 e. The predicted octanol–water partition coefficient (Wildman–Crippen LogP) is 7.45. The van der Waals surface area contributed by atoms with E-state index in [-0.39, 0.29) is 6.61 Å². The topological polar surface area (TPSA) is 58.1 Å². The monoisotopic (exact) mass is 613 g/mol. The van der Waals surface area contributed by atoms with E-state index in [9.17, 15) is 5.11 Å². The second-order valence-corrected chi connectivity index (χ2v) is 11.5. The number of benzene rings is 4. The number of nitrogens with zero attached hydrogens (tertiary/aromatic N) is 3. The summed E-state index contributed by atoms with van der Waals surface area (Å²) >= 11 is 12.9. The summed E-state index contributed by atoms with van der Waals surface area (Å²) in [6, 6.07) is 31.5. The van der Waals surface area contributed by atoms with Gasteiger partial charge in [-0.1, -0.05) is 41.4 Å². The lowest BCUT2D eigenvalue weighted by molar-refractivity contribution is 0.0663. The Hall–Kier alpha value is -3.81. The van der Waals surface area contributed by atoms with E-state index in [1.54, 1.807) is 7.11 Å². The summed E-state index contributed by atoms with van der Waals surface area (Å²) in [6.45, 7) is 4.40. The molecule has 2 heterocycles. The van der Waals surface area contributed by atoms with E-state index in [2.05, 4.69) is 21.9 Å². The van der Waals surface area contributed by atoms with E-state index < -0.39 is 6.10 Å². The van der Waals surface area contributed by atoms with Crippen LogP contribution in [0.3, 0.4) is 0 Å². The number of aliphatic hydroxyl groups is 1. The zero-order valence-electron chi connectivity index (χ0n) is 23.9. The smallest absolute Gasteiger partial charge is 0.119 e. The summed E-state index contributed by atoms with van der Waals surface area (Å²) in [5.74, 6) is 1.56. The van der Waals surface area contributed by atoms with Crippen molar-refractivity contribution in [3.8, 4) is 33.9 Å². The molecule has 0 radical (unpaired) electrons. The number of piperazine rings is 1. The van der Waals surface area contributed by atoms with Gasteiger partial charge in [0.15, 0.2) is 0 Å². The molecule has 220 valence electrons. The van der Waals surface area contributed by atoms with Crippen LogP contribution in [0.4, 0.5) is 5.69 Å². The van der Waals surface area contributed by atoms with Gasteiger partial charge < -0.3 is 19.5 Å². The lowest BCUT2D eigenvalue weighted by Crippen LogP contribution is -2.49. The fourth-order valence-electron chi connectivity index (χ4n) is 5.50. The number of halogens is 2. The van der Waals surface area contributed by atoms with Crippen molar-refractivity contribution < 1.29 is 14.6 Å². The quantitative estimate of drug-likeness (QED) is 0.186. The van der Waals surface area contributed by atoms with Crippen LogP contribution in [-0.2, 0) is 0 Å². The molecule has 8 heteroatoms. The lowest BCUT2D eigenvalue weighted by atomic mass is 9.98. The molecule has 0 bridgehead atoms. The number of rotatable bonds is 9. The van der Waals surface area contributed by atoms with Crippen LogP contribution in [0.25, 0.3) is 33.3 Å². The first-order chi connectivity index (χ1) is 21.0. The highest BCUT2D eigenvalue weighted by molar-refractivity contribution is 6.34. The third-order valence-electron chi connectivity index (χ3n) is 7.81. The average Bonchev–Trinajstić information content (AvgIpc) is 3.04. The van der Waals surface area contributed by atoms with Crippen LogP contribution in [0, 0.1) is 0 Å². The van der Waals surface area contributed by atoms with Gasteiger partial charge in [0.05, 0.1) is 18.3 Å². The van der Waals surface area contributed by atoms with Crippen molar-refractivity contribution in [3.63, 3.8) is 0 Å². The van der Waals surface area contributed by atoms with Gasteiger partial charge in [-0.05, 0) is 84.4 Å². The van der Waals surface area contributed by atoms with Crippen LogP contribution >= 0.6 is 23.2 Å². The van der Waals surface area contributed by atoms with Crippen molar-refractivity contribution >= 4 is 39.8 Å². The Morgan fingerprint density at radius 1 is 0.814 bits per heavy atom. The van der Waals surface area contributed by atoms with Gasteiger partial charge in [0.2, 0.25) is 0 Å². The van der Waals surface area contributed by atoms with E-state index in [0.29, 0.717) is 22.3 Å². The number of aromatic nitrogens is 1. The molecule has 1 atom stereocenters. The minimum absolute atomic E-state index is 0.226. The normalized spacial score (nSPS) is 14.6. The predicted molar refractivity (Wildman–Crippen MR) is 176 cm³/mol. The fourth-order valence-corrected chi connectivity index (χ4v) is 5.90. The lowest BCUT2D eigenvalue weighted by Gasteiger charge is -2.36. The minimum atomic E-state index is -0.584. The number of β-amino-alcohol motifs (C(OH)–C–C–N with tert-alkyl or cyclic N) is 1. The molecular formula is C35H33Cl2N3O3. The summed E-state index contributed by atoms with van der Waals surface area (Å²) in [6.07, 6.45) is -0.584. The van der Waals surface area contributed by atoms with Gasteiger partial charge >= 0.3 is 0 Å². The number of hydrogen-bond donors (Lipinski definition) is 1. The molecule has 1 N–H and O–H groups in total. The Bertz CT molecular complexity index is 1690. The van der Waals surface area contributed by atoms with E-state index in [1.165, 1.54) is 5.69 Å². The molecular weight excluding hydrogens is 581 g/mol. The molecule has 0 saturated carbocycles. The van der Waals surface area contributed by atoms with Gasteiger partial charge in [-0.25, -0.2) is 4.98 Å². The SMILES string of the molecule is COc1ccc(N2CCN(CC(O)COc3ccc(-c4cc(-c5ccccc5Cl)c5cc(Cl)ccc5n4)cc3)CC2)cc1. The molecule has 6 nitrogen and oxygen atoms in total. The average molecular weight is 615 g/mol. The molecule has 5 aromatic rings. The molecule has 6 rings (SSSR count). The summed E-state index contributed by atoms with van der Waals surface area (Å²) in [5.41, 5.74) is 5.71. The largest absolute Gasteiger partial charge is 0.497 e. The maximum atomic E-state index is 10.7. The van der Waals surface area contributed by atoms with Gasteiger partial charge in [-0.2, -0.15) is 0 Å². The summed E-state index contributed by atoms with van der Waals surface area (Å²) in [4.78, 5) is 9.55. The molecule has 1 aliphatic heterocycles. The van der Waals surface area contributed by atoms with E-state index in [1.807, 2.05) is 84.9 Å². The zero-order valence-corrected chi connectivity index (χ0v) is 25.4.